The Bertz CT molecular complexity index is 807. The largest absolute Gasteiger partial charge is 0.465 e. The van der Waals surface area contributed by atoms with E-state index in [9.17, 15) is 26.8 Å². The van der Waals surface area contributed by atoms with Crippen molar-refractivity contribution in [3.05, 3.63) is 0 Å². The van der Waals surface area contributed by atoms with Crippen molar-refractivity contribution in [1.29, 1.82) is 0 Å². The van der Waals surface area contributed by atoms with Gasteiger partial charge in [0, 0.05) is 11.8 Å². The molecule has 0 aromatic heterocycles. The number of alkyl halides is 2. The van der Waals surface area contributed by atoms with Gasteiger partial charge in [0.05, 0.1) is 18.6 Å². The van der Waals surface area contributed by atoms with Crippen LogP contribution >= 0.6 is 0 Å². The van der Waals surface area contributed by atoms with Crippen LogP contribution in [0, 0.1) is 23.7 Å². The van der Waals surface area contributed by atoms with Crippen LogP contribution in [0.3, 0.4) is 0 Å². The van der Waals surface area contributed by atoms with Gasteiger partial charge in [-0.25, -0.2) is 4.79 Å². The summed E-state index contributed by atoms with van der Waals surface area (Å²) in [5, 5.41) is -5.08. The molecule has 4 fully saturated rings. The number of hydrogen-bond acceptors (Lipinski definition) is 7. The molecule has 0 aromatic rings. The first-order valence-electron chi connectivity index (χ1n) is 9.85. The molecule has 6 atom stereocenters. The zero-order chi connectivity index (χ0) is 21.2. The molecule has 0 radical (unpaired) electrons. The van der Waals surface area contributed by atoms with Crippen LogP contribution in [0.2, 0.25) is 0 Å². The third-order valence-corrected chi connectivity index (χ3v) is 7.82. The second kappa shape index (κ2) is 6.84. The molecule has 11 heteroatoms. The van der Waals surface area contributed by atoms with E-state index >= 15 is 0 Å². The second-order valence-corrected chi connectivity index (χ2v) is 10.3. The molecular formula is C18H24F2O8S. The molecule has 8 nitrogen and oxygen atoms in total. The maximum absolute atomic E-state index is 13.6. The zero-order valence-electron chi connectivity index (χ0n) is 15.9. The van der Waals surface area contributed by atoms with Crippen molar-refractivity contribution in [2.24, 2.45) is 23.7 Å². The normalized spacial score (nSPS) is 38.1. The highest BCUT2D eigenvalue weighted by molar-refractivity contribution is 7.87. The number of carbonyl (C=O) groups excluding carboxylic acids is 2. The Morgan fingerprint density at radius 3 is 2.41 bits per heavy atom. The quantitative estimate of drug-likeness (QED) is 0.511. The van der Waals surface area contributed by atoms with E-state index in [1.54, 1.807) is 0 Å². The van der Waals surface area contributed by atoms with E-state index in [1.807, 2.05) is 6.92 Å². The molecule has 0 spiro atoms. The smallest absolute Gasteiger partial charge is 0.459 e. The first kappa shape index (κ1) is 20.9. The minimum atomic E-state index is -5.97. The van der Waals surface area contributed by atoms with Crippen molar-refractivity contribution in [2.75, 3.05) is 6.61 Å². The fourth-order valence-corrected chi connectivity index (χ4v) is 5.86. The molecule has 1 heterocycles. The number of ether oxygens (including phenoxy) is 3. The van der Waals surface area contributed by atoms with Gasteiger partial charge in [-0.05, 0) is 44.9 Å². The van der Waals surface area contributed by atoms with Crippen molar-refractivity contribution in [2.45, 2.75) is 68.5 Å². The maximum Gasteiger partial charge on any atom is 0.465 e. The number of carbonyl (C=O) groups is 2. The number of esters is 2. The Hall–Kier alpha value is -1.33. The summed E-state index contributed by atoms with van der Waals surface area (Å²) in [5.41, 5.74) is -0.569. The molecular weight excluding hydrogens is 414 g/mol. The van der Waals surface area contributed by atoms with E-state index in [2.05, 4.69) is 0 Å². The Morgan fingerprint density at radius 1 is 1.14 bits per heavy atom. The molecule has 164 valence electrons. The van der Waals surface area contributed by atoms with Gasteiger partial charge in [-0.2, -0.15) is 17.2 Å². The van der Waals surface area contributed by atoms with Crippen molar-refractivity contribution in [3.8, 4) is 0 Å². The second-order valence-electron chi connectivity index (χ2n) is 8.84. The summed E-state index contributed by atoms with van der Waals surface area (Å²) in [6.45, 7) is 2.11. The fraction of sp³-hybridized carbons (Fsp3) is 0.889. The van der Waals surface area contributed by atoms with Crippen LogP contribution < -0.4 is 0 Å². The molecule has 3 aliphatic carbocycles. The highest BCUT2D eigenvalue weighted by Crippen LogP contribution is 2.59. The molecule has 29 heavy (non-hydrogen) atoms. The number of hydrogen-bond donors (Lipinski definition) is 1. The average Bonchev–Trinajstić information content (AvgIpc) is 3.23. The first-order chi connectivity index (χ1) is 13.4. The van der Waals surface area contributed by atoms with Crippen molar-refractivity contribution in [1.82, 2.24) is 0 Å². The summed E-state index contributed by atoms with van der Waals surface area (Å²) in [4.78, 5) is 24.8. The van der Waals surface area contributed by atoms with Crippen LogP contribution in [0.15, 0.2) is 0 Å². The van der Waals surface area contributed by atoms with Gasteiger partial charge in [-0.3, -0.25) is 9.35 Å². The monoisotopic (exact) mass is 438 g/mol. The molecule has 0 amide bonds. The zero-order valence-corrected chi connectivity index (χ0v) is 16.7. The topological polar surface area (TPSA) is 116 Å². The lowest BCUT2D eigenvalue weighted by atomic mass is 9.78. The van der Waals surface area contributed by atoms with E-state index in [0.29, 0.717) is 6.42 Å². The van der Waals surface area contributed by atoms with Gasteiger partial charge in [0.15, 0.2) is 0 Å². The molecule has 1 aliphatic heterocycles. The number of fused-ring (bicyclic) bond motifs is 1. The van der Waals surface area contributed by atoms with Gasteiger partial charge in [-0.1, -0.05) is 6.42 Å². The molecule has 4 aliphatic rings. The minimum absolute atomic E-state index is 0.137. The van der Waals surface area contributed by atoms with Crippen LogP contribution in [-0.4, -0.2) is 54.6 Å². The van der Waals surface area contributed by atoms with E-state index in [1.165, 1.54) is 0 Å². The van der Waals surface area contributed by atoms with Gasteiger partial charge in [0.1, 0.15) is 11.7 Å². The Kier molecular flexibility index (Phi) is 4.94. The first-order valence-corrected chi connectivity index (χ1v) is 11.3. The van der Waals surface area contributed by atoms with Crippen LogP contribution in [0.1, 0.15) is 45.4 Å². The lowest BCUT2D eigenvalue weighted by Crippen LogP contribution is -2.48. The molecule has 1 saturated heterocycles. The average molecular weight is 438 g/mol. The summed E-state index contributed by atoms with van der Waals surface area (Å²) in [5.74, 6) is -4.34. The summed E-state index contributed by atoms with van der Waals surface area (Å²) in [7, 11) is -5.97. The Balaban J connectivity index is 1.51. The number of halogens is 2. The van der Waals surface area contributed by atoms with Gasteiger partial charge in [0.25, 0.3) is 0 Å². The van der Waals surface area contributed by atoms with E-state index in [-0.39, 0.29) is 18.4 Å². The summed E-state index contributed by atoms with van der Waals surface area (Å²) in [6.07, 6.45) is 3.10. The van der Waals surface area contributed by atoms with Crippen LogP contribution in [0.25, 0.3) is 0 Å². The highest BCUT2D eigenvalue weighted by atomic mass is 32.2. The third-order valence-electron chi connectivity index (χ3n) is 7.00. The highest BCUT2D eigenvalue weighted by Gasteiger charge is 2.67. The number of rotatable bonds is 5. The SMILES string of the molecule is CC1(OC(=O)C2C3COC4C3CC2C4OC(=O)C(F)(F)S(=O)(=O)O)CCCCC1. The van der Waals surface area contributed by atoms with Gasteiger partial charge in [0.2, 0.25) is 0 Å². The maximum atomic E-state index is 13.6. The minimum Gasteiger partial charge on any atom is -0.459 e. The van der Waals surface area contributed by atoms with Crippen molar-refractivity contribution in [3.63, 3.8) is 0 Å². The van der Waals surface area contributed by atoms with Crippen LogP contribution in [-0.2, 0) is 33.9 Å². The molecule has 6 unspecified atom stereocenters. The van der Waals surface area contributed by atoms with Crippen molar-refractivity contribution >= 4 is 22.1 Å². The molecule has 0 aromatic carbocycles. The van der Waals surface area contributed by atoms with E-state index in [4.69, 9.17) is 18.8 Å². The van der Waals surface area contributed by atoms with Crippen LogP contribution in [0.5, 0.6) is 0 Å². The predicted molar refractivity (Wildman–Crippen MR) is 92.3 cm³/mol. The molecule has 4 rings (SSSR count). The summed E-state index contributed by atoms with van der Waals surface area (Å²) in [6, 6.07) is 0. The lowest BCUT2D eigenvalue weighted by molar-refractivity contribution is -0.183. The Labute approximate surface area is 167 Å². The third kappa shape index (κ3) is 3.34. The van der Waals surface area contributed by atoms with Gasteiger partial charge < -0.3 is 14.2 Å². The van der Waals surface area contributed by atoms with E-state index < -0.39 is 57.0 Å². The molecule has 3 saturated carbocycles. The van der Waals surface area contributed by atoms with Crippen LogP contribution in [0.4, 0.5) is 8.78 Å². The van der Waals surface area contributed by atoms with Gasteiger partial charge in [-0.15, -0.1) is 0 Å². The Morgan fingerprint density at radius 2 is 1.79 bits per heavy atom. The summed E-state index contributed by atoms with van der Waals surface area (Å²) >= 11 is 0. The predicted octanol–water partition coefficient (Wildman–Crippen LogP) is 1.93. The standard InChI is InChI=1S/C18H24F2O8S/c1-17(5-3-2-4-6-17)28-15(21)12-10-7-9-11(12)8-26-13(9)14(10)27-16(22)18(19,20)29(23,24)25/h9-14H,2-8H2,1H3,(H,23,24,25). The molecule has 1 N–H and O–H groups in total. The van der Waals surface area contributed by atoms with Gasteiger partial charge >= 0.3 is 27.3 Å². The molecule has 2 bridgehead atoms. The summed E-state index contributed by atoms with van der Waals surface area (Å²) < 4.78 is 73.7. The lowest BCUT2D eigenvalue weighted by Gasteiger charge is -2.37. The van der Waals surface area contributed by atoms with E-state index in [0.717, 1.165) is 32.1 Å². The van der Waals surface area contributed by atoms with Crippen molar-refractivity contribution < 1.29 is 45.6 Å². The fourth-order valence-electron chi connectivity index (χ4n) is 5.61.